The molecular weight excluding hydrogens is 259 g/mol. The van der Waals surface area contributed by atoms with Gasteiger partial charge in [-0.3, -0.25) is 9.89 Å². The number of aromatic nitrogens is 3. The maximum atomic E-state index is 13.3. The third-order valence-electron chi connectivity index (χ3n) is 3.23. The second-order valence-corrected chi connectivity index (χ2v) is 4.55. The van der Waals surface area contributed by atoms with Crippen LogP contribution in [-0.4, -0.2) is 21.6 Å². The normalized spacial score (nSPS) is 10.9. The van der Waals surface area contributed by atoms with Crippen molar-refractivity contribution in [1.29, 1.82) is 0 Å². The highest BCUT2D eigenvalue weighted by atomic mass is 19.1. The van der Waals surface area contributed by atoms with Gasteiger partial charge in [0.15, 0.2) is 5.65 Å². The first-order chi connectivity index (χ1) is 9.58. The Morgan fingerprint density at radius 1 is 1.35 bits per heavy atom. The summed E-state index contributed by atoms with van der Waals surface area (Å²) >= 11 is 0. The summed E-state index contributed by atoms with van der Waals surface area (Å²) in [6, 6.07) is 7.81. The molecule has 20 heavy (non-hydrogen) atoms. The largest absolute Gasteiger partial charge is 0.338 e. The molecule has 0 saturated heterocycles. The monoisotopic (exact) mass is 272 g/mol. The van der Waals surface area contributed by atoms with Crippen LogP contribution in [0.4, 0.5) is 15.8 Å². The summed E-state index contributed by atoms with van der Waals surface area (Å²) in [4.78, 5) is 18.5. The van der Waals surface area contributed by atoms with E-state index in [4.69, 9.17) is 0 Å². The van der Waals surface area contributed by atoms with Crippen LogP contribution in [-0.2, 0) is 0 Å². The summed E-state index contributed by atoms with van der Waals surface area (Å²) in [6.07, 6.45) is 1.65. The number of H-pyrrole nitrogens is 1. The third-order valence-corrected chi connectivity index (χ3v) is 3.23. The van der Waals surface area contributed by atoms with Crippen molar-refractivity contribution in [1.82, 2.24) is 14.6 Å². The van der Waals surface area contributed by atoms with E-state index in [1.165, 1.54) is 16.6 Å². The minimum Gasteiger partial charge on any atom is -0.338 e. The van der Waals surface area contributed by atoms with Gasteiger partial charge in [0.25, 0.3) is 5.56 Å². The Hall–Kier alpha value is -2.63. The van der Waals surface area contributed by atoms with Gasteiger partial charge in [-0.05, 0) is 25.1 Å². The second kappa shape index (κ2) is 4.48. The molecule has 1 N–H and O–H groups in total. The molecule has 0 spiro atoms. The highest BCUT2D eigenvalue weighted by Crippen LogP contribution is 2.23. The van der Waals surface area contributed by atoms with Gasteiger partial charge in [0, 0.05) is 25.0 Å². The van der Waals surface area contributed by atoms with E-state index in [1.54, 1.807) is 43.3 Å². The summed E-state index contributed by atoms with van der Waals surface area (Å²) in [5, 5.41) is 2.81. The Balaban J connectivity index is 2.21. The van der Waals surface area contributed by atoms with Gasteiger partial charge < -0.3 is 4.90 Å². The lowest BCUT2D eigenvalue weighted by Crippen LogP contribution is -2.26. The number of nitrogens with zero attached hydrogens (tertiary/aromatic N) is 3. The highest BCUT2D eigenvalue weighted by Gasteiger charge is 2.16. The molecule has 102 valence electrons. The number of halogens is 1. The van der Waals surface area contributed by atoms with Gasteiger partial charge in [-0.1, -0.05) is 6.07 Å². The van der Waals surface area contributed by atoms with E-state index < -0.39 is 0 Å². The molecule has 0 fully saturated rings. The van der Waals surface area contributed by atoms with Gasteiger partial charge in [-0.2, -0.15) is 4.52 Å². The topological polar surface area (TPSA) is 53.4 Å². The standard InChI is InChI=1S/C14H13FN4O/c1-9-13(14(20)19-12(17-9)6-7-16-19)18(2)11-5-3-4-10(15)8-11/h3-8,16H,1-2H3. The number of hydrogen-bond acceptors (Lipinski definition) is 3. The van der Waals surface area contributed by atoms with Crippen LogP contribution in [0.2, 0.25) is 0 Å². The Labute approximate surface area is 114 Å². The fourth-order valence-corrected chi connectivity index (χ4v) is 2.26. The number of anilines is 2. The molecule has 5 nitrogen and oxygen atoms in total. The number of fused-ring (bicyclic) bond motifs is 1. The van der Waals surface area contributed by atoms with Gasteiger partial charge in [0.1, 0.15) is 11.5 Å². The summed E-state index contributed by atoms with van der Waals surface area (Å²) in [5.41, 5.74) is 1.95. The van der Waals surface area contributed by atoms with Crippen molar-refractivity contribution in [3.8, 4) is 0 Å². The zero-order valence-corrected chi connectivity index (χ0v) is 11.1. The summed E-state index contributed by atoms with van der Waals surface area (Å²) < 4.78 is 14.7. The van der Waals surface area contributed by atoms with Crippen molar-refractivity contribution in [3.05, 3.63) is 58.4 Å². The van der Waals surface area contributed by atoms with E-state index >= 15 is 0 Å². The molecule has 2 aromatic heterocycles. The molecule has 2 heterocycles. The lowest BCUT2D eigenvalue weighted by atomic mass is 10.2. The molecule has 3 aromatic rings. The van der Waals surface area contributed by atoms with Gasteiger partial charge >= 0.3 is 0 Å². The number of benzene rings is 1. The molecule has 1 aromatic carbocycles. The van der Waals surface area contributed by atoms with E-state index in [0.29, 0.717) is 22.7 Å². The summed E-state index contributed by atoms with van der Waals surface area (Å²) in [6.45, 7) is 1.76. The number of rotatable bonds is 2. The predicted octanol–water partition coefficient (Wildman–Crippen LogP) is 2.24. The van der Waals surface area contributed by atoms with Gasteiger partial charge in [0.05, 0.1) is 5.69 Å². The van der Waals surface area contributed by atoms with Crippen LogP contribution in [0.3, 0.4) is 0 Å². The Morgan fingerprint density at radius 3 is 2.90 bits per heavy atom. The predicted molar refractivity (Wildman–Crippen MR) is 75.0 cm³/mol. The fourth-order valence-electron chi connectivity index (χ4n) is 2.26. The van der Waals surface area contributed by atoms with Gasteiger partial charge in [-0.15, -0.1) is 0 Å². The first-order valence-electron chi connectivity index (χ1n) is 6.14. The van der Waals surface area contributed by atoms with Crippen LogP contribution in [0.15, 0.2) is 41.3 Å². The Bertz CT molecular complexity index is 837. The lowest BCUT2D eigenvalue weighted by molar-refractivity contribution is 0.628. The Kier molecular flexibility index (Phi) is 2.78. The number of aryl methyl sites for hydroxylation is 1. The average molecular weight is 272 g/mol. The molecule has 0 bridgehead atoms. The second-order valence-electron chi connectivity index (χ2n) is 4.55. The summed E-state index contributed by atoms with van der Waals surface area (Å²) in [5.74, 6) is -0.346. The SMILES string of the molecule is Cc1nc2cc[nH]n2c(=O)c1N(C)c1cccc(F)c1. The highest BCUT2D eigenvalue weighted by molar-refractivity contribution is 5.64. The van der Waals surface area contributed by atoms with Crippen molar-refractivity contribution < 1.29 is 4.39 Å². The molecule has 3 rings (SSSR count). The minimum atomic E-state index is -0.346. The summed E-state index contributed by atoms with van der Waals surface area (Å²) in [7, 11) is 1.72. The van der Waals surface area contributed by atoms with Crippen LogP contribution < -0.4 is 10.5 Å². The smallest absolute Gasteiger partial charge is 0.296 e. The molecule has 0 amide bonds. The van der Waals surface area contributed by atoms with Gasteiger partial charge in [-0.25, -0.2) is 9.37 Å². The number of nitrogens with one attached hydrogen (secondary N) is 1. The van der Waals surface area contributed by atoms with Crippen LogP contribution in [0.25, 0.3) is 5.65 Å². The van der Waals surface area contributed by atoms with Crippen LogP contribution in [0, 0.1) is 12.7 Å². The Morgan fingerprint density at radius 2 is 2.15 bits per heavy atom. The average Bonchev–Trinajstić information content (AvgIpc) is 2.87. The molecule has 0 aliphatic heterocycles. The first-order valence-corrected chi connectivity index (χ1v) is 6.14. The van der Waals surface area contributed by atoms with Crippen molar-refractivity contribution in [2.45, 2.75) is 6.92 Å². The van der Waals surface area contributed by atoms with Crippen LogP contribution in [0.1, 0.15) is 5.69 Å². The minimum absolute atomic E-state index is 0.218. The van der Waals surface area contributed by atoms with Crippen molar-refractivity contribution in [2.24, 2.45) is 0 Å². The van der Waals surface area contributed by atoms with E-state index in [1.807, 2.05) is 0 Å². The fraction of sp³-hybridized carbons (Fsp3) is 0.143. The lowest BCUT2D eigenvalue weighted by Gasteiger charge is -2.20. The molecular formula is C14H13FN4O. The van der Waals surface area contributed by atoms with E-state index in [2.05, 4.69) is 10.1 Å². The van der Waals surface area contributed by atoms with E-state index in [9.17, 15) is 9.18 Å². The maximum Gasteiger partial charge on any atom is 0.296 e. The van der Waals surface area contributed by atoms with Crippen molar-refractivity contribution in [2.75, 3.05) is 11.9 Å². The quantitative estimate of drug-likeness (QED) is 0.778. The van der Waals surface area contributed by atoms with Gasteiger partial charge in [0.2, 0.25) is 0 Å². The zero-order chi connectivity index (χ0) is 14.3. The number of aromatic amines is 1. The van der Waals surface area contributed by atoms with Crippen LogP contribution in [0.5, 0.6) is 0 Å². The maximum absolute atomic E-state index is 13.3. The molecule has 0 unspecified atom stereocenters. The first kappa shape index (κ1) is 12.4. The van der Waals surface area contributed by atoms with E-state index in [0.717, 1.165) is 0 Å². The van der Waals surface area contributed by atoms with Crippen molar-refractivity contribution >= 4 is 17.0 Å². The molecule has 6 heteroatoms. The zero-order valence-electron chi connectivity index (χ0n) is 11.1. The molecule has 0 atom stereocenters. The molecule has 0 saturated carbocycles. The third kappa shape index (κ3) is 1.85. The van der Waals surface area contributed by atoms with Crippen LogP contribution >= 0.6 is 0 Å². The molecule has 0 aliphatic rings. The molecule has 0 aliphatic carbocycles. The van der Waals surface area contributed by atoms with E-state index in [-0.39, 0.29) is 11.4 Å². The molecule has 0 radical (unpaired) electrons. The van der Waals surface area contributed by atoms with Crippen molar-refractivity contribution in [3.63, 3.8) is 0 Å². The number of hydrogen-bond donors (Lipinski definition) is 1.